The van der Waals surface area contributed by atoms with Crippen molar-refractivity contribution in [1.82, 2.24) is 9.88 Å². The summed E-state index contributed by atoms with van der Waals surface area (Å²) < 4.78 is 0.565. The van der Waals surface area contributed by atoms with Crippen LogP contribution >= 0.6 is 22.9 Å². The Hall–Kier alpha value is -1.96. The number of benzene rings is 1. The summed E-state index contributed by atoms with van der Waals surface area (Å²) in [5, 5.41) is 10.7. The highest BCUT2D eigenvalue weighted by molar-refractivity contribution is 7.15. The molecule has 0 aliphatic carbocycles. The minimum atomic E-state index is -0.588. The molecule has 0 saturated carbocycles. The van der Waals surface area contributed by atoms with Gasteiger partial charge >= 0.3 is 0 Å². The summed E-state index contributed by atoms with van der Waals surface area (Å²) in [6.07, 6.45) is 1.97. The standard InChI is InChI=1S/C20H22ClN3O3S/c1-12(25)14-3-4-16-15(7-14)20(5-6-23(10-20)13(2)26)11-24(16)19(27)8-18-22-9-17(21)28-18/h3-4,7,9,12,25H,5-6,8,10-11H2,1-2H3. The van der Waals surface area contributed by atoms with Gasteiger partial charge in [-0.15, -0.1) is 11.3 Å². The Labute approximate surface area is 172 Å². The van der Waals surface area contributed by atoms with Crippen LogP contribution in [-0.2, 0) is 21.4 Å². The number of aliphatic hydroxyl groups excluding tert-OH is 1. The van der Waals surface area contributed by atoms with Crippen LogP contribution in [0.3, 0.4) is 0 Å². The summed E-state index contributed by atoms with van der Waals surface area (Å²) in [4.78, 5) is 32.8. The van der Waals surface area contributed by atoms with Crippen molar-refractivity contribution in [1.29, 1.82) is 0 Å². The number of anilines is 1. The van der Waals surface area contributed by atoms with Gasteiger partial charge < -0.3 is 14.9 Å². The third-order valence-corrected chi connectivity index (χ3v) is 6.87. The number of rotatable bonds is 3. The third kappa shape index (κ3) is 3.32. The fourth-order valence-electron chi connectivity index (χ4n) is 4.25. The molecule has 2 unspecified atom stereocenters. The van der Waals surface area contributed by atoms with Gasteiger partial charge in [0.1, 0.15) is 9.34 Å². The van der Waals surface area contributed by atoms with Gasteiger partial charge in [0.25, 0.3) is 0 Å². The molecule has 0 radical (unpaired) electrons. The number of likely N-dealkylation sites (tertiary alicyclic amines) is 1. The van der Waals surface area contributed by atoms with Crippen molar-refractivity contribution >= 4 is 40.4 Å². The summed E-state index contributed by atoms with van der Waals surface area (Å²) in [6, 6.07) is 5.77. The van der Waals surface area contributed by atoms with E-state index in [1.807, 2.05) is 23.1 Å². The third-order valence-electron chi connectivity index (χ3n) is 5.75. The first kappa shape index (κ1) is 19.4. The van der Waals surface area contributed by atoms with Gasteiger partial charge in [-0.3, -0.25) is 9.59 Å². The second kappa shape index (κ2) is 7.13. The van der Waals surface area contributed by atoms with Crippen molar-refractivity contribution in [2.45, 2.75) is 38.2 Å². The number of hydrogen-bond donors (Lipinski definition) is 1. The molecule has 6 nitrogen and oxygen atoms in total. The summed E-state index contributed by atoms with van der Waals surface area (Å²) >= 11 is 7.26. The maximum atomic E-state index is 13.1. The molecular formula is C20H22ClN3O3S. The second-order valence-electron chi connectivity index (χ2n) is 7.64. The first-order valence-corrected chi connectivity index (χ1v) is 10.5. The van der Waals surface area contributed by atoms with Gasteiger partial charge in [0.2, 0.25) is 11.8 Å². The molecule has 1 N–H and O–H groups in total. The fraction of sp³-hybridized carbons (Fsp3) is 0.450. The van der Waals surface area contributed by atoms with Crippen LogP contribution in [0.15, 0.2) is 24.4 Å². The van der Waals surface area contributed by atoms with E-state index in [0.29, 0.717) is 29.0 Å². The van der Waals surface area contributed by atoms with E-state index in [9.17, 15) is 14.7 Å². The molecule has 2 amide bonds. The van der Waals surface area contributed by atoms with E-state index in [0.717, 1.165) is 23.2 Å². The molecule has 1 aromatic carbocycles. The molecule has 1 aromatic heterocycles. The summed E-state index contributed by atoms with van der Waals surface area (Å²) in [5.74, 6) is 0.0162. The number of hydrogen-bond acceptors (Lipinski definition) is 5. The number of carbonyl (C=O) groups is 2. The van der Waals surface area contributed by atoms with Crippen LogP contribution in [0.5, 0.6) is 0 Å². The molecule has 4 rings (SSSR count). The lowest BCUT2D eigenvalue weighted by molar-refractivity contribution is -0.127. The zero-order chi connectivity index (χ0) is 20.1. The predicted molar refractivity (Wildman–Crippen MR) is 109 cm³/mol. The Balaban J connectivity index is 1.69. The predicted octanol–water partition coefficient (Wildman–Crippen LogP) is 2.93. The molecule has 28 heavy (non-hydrogen) atoms. The van der Waals surface area contributed by atoms with E-state index < -0.39 is 6.10 Å². The van der Waals surface area contributed by atoms with Crippen LogP contribution in [0.25, 0.3) is 0 Å². The SMILES string of the molecule is CC(=O)N1CCC2(C1)CN(C(=O)Cc1ncc(Cl)s1)c1ccc(C(C)O)cc12. The van der Waals surface area contributed by atoms with Gasteiger partial charge in [-0.1, -0.05) is 23.7 Å². The van der Waals surface area contributed by atoms with Crippen molar-refractivity contribution in [3.8, 4) is 0 Å². The minimum absolute atomic E-state index is 0.0322. The Kier molecular flexibility index (Phi) is 4.93. The largest absolute Gasteiger partial charge is 0.389 e. The van der Waals surface area contributed by atoms with Crippen LogP contribution < -0.4 is 4.90 Å². The average molecular weight is 420 g/mol. The van der Waals surface area contributed by atoms with Crippen LogP contribution in [-0.4, -0.2) is 46.4 Å². The Morgan fingerprint density at radius 1 is 1.39 bits per heavy atom. The van der Waals surface area contributed by atoms with E-state index in [-0.39, 0.29) is 23.7 Å². The van der Waals surface area contributed by atoms with Crippen molar-refractivity contribution in [3.63, 3.8) is 0 Å². The van der Waals surface area contributed by atoms with Crippen molar-refractivity contribution in [3.05, 3.63) is 44.9 Å². The molecule has 0 bridgehead atoms. The van der Waals surface area contributed by atoms with Gasteiger partial charge in [-0.25, -0.2) is 4.98 Å². The van der Waals surface area contributed by atoms with Gasteiger partial charge in [0, 0.05) is 37.7 Å². The quantitative estimate of drug-likeness (QED) is 0.830. The maximum Gasteiger partial charge on any atom is 0.233 e. The van der Waals surface area contributed by atoms with Gasteiger partial charge in [-0.05, 0) is 30.5 Å². The molecule has 2 aliphatic heterocycles. The zero-order valence-corrected chi connectivity index (χ0v) is 17.4. The number of thiazole rings is 1. The number of amides is 2. The molecule has 148 valence electrons. The number of fused-ring (bicyclic) bond motifs is 2. The van der Waals surface area contributed by atoms with Crippen LogP contribution in [0.1, 0.15) is 42.5 Å². The monoisotopic (exact) mass is 419 g/mol. The summed E-state index contributed by atoms with van der Waals surface area (Å²) in [5.41, 5.74) is 2.44. The molecule has 2 aliphatic rings. The number of aliphatic hydroxyl groups is 1. The average Bonchev–Trinajstić information content (AvgIpc) is 3.34. The molecule has 8 heteroatoms. The number of carbonyl (C=O) groups excluding carboxylic acids is 2. The van der Waals surface area contributed by atoms with Gasteiger partial charge in [0.05, 0.1) is 18.7 Å². The molecule has 3 heterocycles. The van der Waals surface area contributed by atoms with Crippen molar-refractivity contribution in [2.75, 3.05) is 24.5 Å². The fourth-order valence-corrected chi connectivity index (χ4v) is 5.20. The lowest BCUT2D eigenvalue weighted by atomic mass is 9.80. The van der Waals surface area contributed by atoms with Crippen LogP contribution in [0.2, 0.25) is 4.34 Å². The lowest BCUT2D eigenvalue weighted by Gasteiger charge is -2.25. The molecule has 1 fully saturated rings. The Morgan fingerprint density at radius 3 is 2.79 bits per heavy atom. The molecule has 2 aromatic rings. The number of aromatic nitrogens is 1. The summed E-state index contributed by atoms with van der Waals surface area (Å²) in [6.45, 7) is 5.11. The normalized spacial score (nSPS) is 22.0. The first-order valence-electron chi connectivity index (χ1n) is 9.28. The summed E-state index contributed by atoms with van der Waals surface area (Å²) in [7, 11) is 0. The minimum Gasteiger partial charge on any atom is -0.389 e. The van der Waals surface area contributed by atoms with Crippen molar-refractivity contribution < 1.29 is 14.7 Å². The van der Waals surface area contributed by atoms with E-state index >= 15 is 0 Å². The number of halogens is 1. The smallest absolute Gasteiger partial charge is 0.233 e. The van der Waals surface area contributed by atoms with Crippen LogP contribution in [0, 0.1) is 0 Å². The van der Waals surface area contributed by atoms with Crippen LogP contribution in [0.4, 0.5) is 5.69 Å². The van der Waals surface area contributed by atoms with E-state index in [2.05, 4.69) is 4.98 Å². The number of nitrogens with zero attached hydrogens (tertiary/aromatic N) is 3. The van der Waals surface area contributed by atoms with Crippen molar-refractivity contribution in [2.24, 2.45) is 0 Å². The molecule has 2 atom stereocenters. The topological polar surface area (TPSA) is 73.7 Å². The molecule has 1 saturated heterocycles. The first-order chi connectivity index (χ1) is 13.3. The van der Waals surface area contributed by atoms with E-state index in [4.69, 9.17) is 11.6 Å². The second-order valence-corrected chi connectivity index (χ2v) is 9.38. The Bertz CT molecular complexity index is 945. The maximum absolute atomic E-state index is 13.1. The van der Waals surface area contributed by atoms with Gasteiger partial charge in [-0.2, -0.15) is 0 Å². The van der Waals surface area contributed by atoms with E-state index in [1.165, 1.54) is 11.3 Å². The highest BCUT2D eigenvalue weighted by Gasteiger charge is 2.49. The zero-order valence-electron chi connectivity index (χ0n) is 15.8. The lowest BCUT2D eigenvalue weighted by Crippen LogP contribution is -2.40. The molecule has 1 spiro atoms. The highest BCUT2D eigenvalue weighted by Crippen LogP contribution is 2.47. The van der Waals surface area contributed by atoms with Gasteiger partial charge in [0.15, 0.2) is 0 Å². The van der Waals surface area contributed by atoms with E-state index in [1.54, 1.807) is 24.9 Å². The highest BCUT2D eigenvalue weighted by atomic mass is 35.5. The Morgan fingerprint density at radius 2 is 2.18 bits per heavy atom. The molecular weight excluding hydrogens is 398 g/mol.